The van der Waals surface area contributed by atoms with E-state index in [0.29, 0.717) is 27.2 Å². The molecule has 0 aliphatic carbocycles. The number of hydrogen-bond acceptors (Lipinski definition) is 4. The van der Waals surface area contributed by atoms with E-state index >= 15 is 0 Å². The zero-order valence-corrected chi connectivity index (χ0v) is 18.0. The van der Waals surface area contributed by atoms with Gasteiger partial charge in [0.2, 0.25) is 5.91 Å². The van der Waals surface area contributed by atoms with Crippen molar-refractivity contribution in [3.05, 3.63) is 69.5 Å². The molecule has 0 saturated carbocycles. The summed E-state index contributed by atoms with van der Waals surface area (Å²) >= 11 is 13.2. The number of anilines is 1. The molecule has 150 valence electrons. The molecule has 0 bridgehead atoms. The lowest BCUT2D eigenvalue weighted by Crippen LogP contribution is -2.38. The Bertz CT molecular complexity index is 1010. The van der Waals surface area contributed by atoms with Crippen molar-refractivity contribution >= 4 is 52.2 Å². The summed E-state index contributed by atoms with van der Waals surface area (Å²) in [5.41, 5.74) is 2.10. The topological polar surface area (TPSA) is 62.3 Å². The van der Waals surface area contributed by atoms with Crippen molar-refractivity contribution in [1.82, 2.24) is 9.27 Å². The van der Waals surface area contributed by atoms with E-state index in [1.165, 1.54) is 4.90 Å². The molecule has 0 atom stereocenters. The third-order valence-electron chi connectivity index (χ3n) is 4.11. The molecule has 0 unspecified atom stereocenters. The number of benzene rings is 2. The first-order valence-electron chi connectivity index (χ1n) is 9.04. The Morgan fingerprint density at radius 2 is 1.86 bits per heavy atom. The zero-order valence-electron chi connectivity index (χ0n) is 15.7. The summed E-state index contributed by atoms with van der Waals surface area (Å²) in [6.07, 6.45) is 0.723. The highest BCUT2D eigenvalue weighted by Crippen LogP contribution is 2.26. The van der Waals surface area contributed by atoms with E-state index in [1.807, 2.05) is 37.3 Å². The minimum absolute atomic E-state index is 0.0892. The monoisotopic (exact) mass is 447 g/mol. The summed E-state index contributed by atoms with van der Waals surface area (Å²) < 4.78 is 4.38. The Hall–Kier alpha value is -2.41. The molecule has 2 amide bonds. The zero-order chi connectivity index (χ0) is 20.8. The SMILES string of the molecule is CCCN(CC(=O)Nc1cc(Cl)ccc1Cl)C(=O)c1cc(-c2ccccc2)ns1. The molecule has 0 saturated heterocycles. The average Bonchev–Trinajstić information content (AvgIpc) is 3.21. The maximum atomic E-state index is 13.0. The van der Waals surface area contributed by atoms with Crippen LogP contribution >= 0.6 is 34.7 Å². The van der Waals surface area contributed by atoms with Crippen LogP contribution in [-0.4, -0.2) is 34.2 Å². The van der Waals surface area contributed by atoms with Gasteiger partial charge in [-0.05, 0) is 42.2 Å². The second-order valence-electron chi connectivity index (χ2n) is 6.34. The van der Waals surface area contributed by atoms with Crippen LogP contribution in [-0.2, 0) is 4.79 Å². The Morgan fingerprint density at radius 3 is 2.59 bits per heavy atom. The molecule has 0 radical (unpaired) electrons. The van der Waals surface area contributed by atoms with Gasteiger partial charge in [0.25, 0.3) is 5.91 Å². The first-order valence-corrected chi connectivity index (χ1v) is 10.6. The molecule has 0 fully saturated rings. The van der Waals surface area contributed by atoms with Crippen molar-refractivity contribution in [3.8, 4) is 11.3 Å². The van der Waals surface area contributed by atoms with Crippen LogP contribution in [0, 0.1) is 0 Å². The molecule has 3 rings (SSSR count). The lowest BCUT2D eigenvalue weighted by Gasteiger charge is -2.21. The lowest BCUT2D eigenvalue weighted by atomic mass is 10.1. The van der Waals surface area contributed by atoms with E-state index in [-0.39, 0.29) is 18.4 Å². The second kappa shape index (κ2) is 9.87. The second-order valence-corrected chi connectivity index (χ2v) is 7.99. The molecule has 5 nitrogen and oxygen atoms in total. The van der Waals surface area contributed by atoms with Crippen molar-refractivity contribution in [3.63, 3.8) is 0 Å². The standard InChI is InChI=1S/C21H19Cl2N3O2S/c1-2-10-26(13-20(27)24-18-11-15(22)8-9-16(18)23)21(28)19-12-17(25-29-19)14-6-4-3-5-7-14/h3-9,11-12H,2,10,13H2,1H3,(H,24,27). The van der Waals surface area contributed by atoms with Gasteiger partial charge in [-0.25, -0.2) is 0 Å². The average molecular weight is 448 g/mol. The number of aromatic nitrogens is 1. The maximum absolute atomic E-state index is 13.0. The fraction of sp³-hybridized carbons (Fsp3) is 0.190. The molecule has 8 heteroatoms. The van der Waals surface area contributed by atoms with Gasteiger partial charge in [-0.1, -0.05) is 60.5 Å². The quantitative estimate of drug-likeness (QED) is 0.511. The fourth-order valence-electron chi connectivity index (χ4n) is 2.76. The maximum Gasteiger partial charge on any atom is 0.266 e. The van der Waals surface area contributed by atoms with Crippen molar-refractivity contribution in [2.75, 3.05) is 18.4 Å². The van der Waals surface area contributed by atoms with E-state index in [1.54, 1.807) is 24.3 Å². The lowest BCUT2D eigenvalue weighted by molar-refractivity contribution is -0.116. The number of carbonyl (C=O) groups is 2. The van der Waals surface area contributed by atoms with Crippen LogP contribution in [0.2, 0.25) is 10.0 Å². The summed E-state index contributed by atoms with van der Waals surface area (Å²) in [6, 6.07) is 16.2. The number of rotatable bonds is 7. The van der Waals surface area contributed by atoms with Gasteiger partial charge in [0, 0.05) is 17.1 Å². The summed E-state index contributed by atoms with van der Waals surface area (Å²) in [5.74, 6) is -0.567. The molecule has 1 N–H and O–H groups in total. The van der Waals surface area contributed by atoms with Crippen LogP contribution < -0.4 is 5.32 Å². The molecule has 0 aliphatic rings. The van der Waals surface area contributed by atoms with E-state index in [9.17, 15) is 9.59 Å². The van der Waals surface area contributed by atoms with Crippen molar-refractivity contribution < 1.29 is 9.59 Å². The highest BCUT2D eigenvalue weighted by Gasteiger charge is 2.21. The molecule has 3 aromatic rings. The number of nitrogens with zero attached hydrogens (tertiary/aromatic N) is 2. The van der Waals surface area contributed by atoms with Crippen LogP contribution in [0.15, 0.2) is 54.6 Å². The third-order valence-corrected chi connectivity index (χ3v) is 5.45. The molecule has 2 aromatic carbocycles. The van der Waals surface area contributed by atoms with Gasteiger partial charge in [0.15, 0.2) is 0 Å². The molecule has 1 heterocycles. The minimum atomic E-state index is -0.344. The van der Waals surface area contributed by atoms with Crippen molar-refractivity contribution in [2.45, 2.75) is 13.3 Å². The van der Waals surface area contributed by atoms with Crippen molar-refractivity contribution in [1.29, 1.82) is 0 Å². The molecule has 1 aromatic heterocycles. The fourth-order valence-corrected chi connectivity index (χ4v) is 3.82. The third kappa shape index (κ3) is 5.56. The van der Waals surface area contributed by atoms with E-state index < -0.39 is 0 Å². The van der Waals surface area contributed by atoms with Crippen LogP contribution in [0.4, 0.5) is 5.69 Å². The summed E-state index contributed by atoms with van der Waals surface area (Å²) in [5, 5.41) is 3.56. The number of carbonyl (C=O) groups excluding carboxylic acids is 2. The van der Waals surface area contributed by atoms with Gasteiger partial charge in [-0.15, -0.1) is 0 Å². The minimum Gasteiger partial charge on any atom is -0.329 e. The van der Waals surface area contributed by atoms with E-state index in [4.69, 9.17) is 23.2 Å². The molecule has 29 heavy (non-hydrogen) atoms. The van der Waals surface area contributed by atoms with Crippen LogP contribution in [0.5, 0.6) is 0 Å². The Labute approximate surface area is 183 Å². The van der Waals surface area contributed by atoms with Gasteiger partial charge in [-0.3, -0.25) is 9.59 Å². The van der Waals surface area contributed by atoms with Gasteiger partial charge >= 0.3 is 0 Å². The van der Waals surface area contributed by atoms with Gasteiger partial charge < -0.3 is 10.2 Å². The normalized spacial score (nSPS) is 10.6. The number of hydrogen-bond donors (Lipinski definition) is 1. The smallest absolute Gasteiger partial charge is 0.266 e. The first-order chi connectivity index (χ1) is 14.0. The summed E-state index contributed by atoms with van der Waals surface area (Å²) in [6.45, 7) is 2.32. The van der Waals surface area contributed by atoms with E-state index in [2.05, 4.69) is 9.69 Å². The first kappa shape index (κ1) is 21.3. The van der Waals surface area contributed by atoms with Crippen molar-refractivity contribution in [2.24, 2.45) is 0 Å². The van der Waals surface area contributed by atoms with Gasteiger partial charge in [0.05, 0.1) is 16.4 Å². The predicted molar refractivity (Wildman–Crippen MR) is 119 cm³/mol. The highest BCUT2D eigenvalue weighted by molar-refractivity contribution is 7.08. The van der Waals surface area contributed by atoms with Gasteiger partial charge in [-0.2, -0.15) is 4.37 Å². The number of halogens is 2. The predicted octanol–water partition coefficient (Wildman–Crippen LogP) is 5.61. The summed E-state index contributed by atoms with van der Waals surface area (Å²) in [7, 11) is 0. The number of amides is 2. The molecular formula is C21H19Cl2N3O2S. The Kier molecular flexibility index (Phi) is 7.25. The van der Waals surface area contributed by atoms with E-state index in [0.717, 1.165) is 29.2 Å². The molecular weight excluding hydrogens is 429 g/mol. The van der Waals surface area contributed by atoms with Gasteiger partial charge in [0.1, 0.15) is 11.4 Å². The highest BCUT2D eigenvalue weighted by atomic mass is 35.5. The van der Waals surface area contributed by atoms with Crippen LogP contribution in [0.1, 0.15) is 23.0 Å². The molecule has 0 spiro atoms. The number of nitrogens with one attached hydrogen (secondary N) is 1. The Morgan fingerprint density at radius 1 is 1.10 bits per heavy atom. The largest absolute Gasteiger partial charge is 0.329 e. The van der Waals surface area contributed by atoms with Crippen LogP contribution in [0.25, 0.3) is 11.3 Å². The van der Waals surface area contributed by atoms with Crippen LogP contribution in [0.3, 0.4) is 0 Å². The molecule has 0 aliphatic heterocycles. The summed E-state index contributed by atoms with van der Waals surface area (Å²) in [4.78, 5) is 27.5. The Balaban J connectivity index is 1.72.